The molecular weight excluding hydrogens is 282 g/mol. The van der Waals surface area contributed by atoms with Crippen LogP contribution in [0.4, 0.5) is 0 Å². The van der Waals surface area contributed by atoms with Gasteiger partial charge in [0.2, 0.25) is 0 Å². The molecule has 0 radical (unpaired) electrons. The Morgan fingerprint density at radius 1 is 1.24 bits per heavy atom. The molecule has 4 nitrogen and oxygen atoms in total. The summed E-state index contributed by atoms with van der Waals surface area (Å²) in [6.45, 7) is 0. The molecule has 0 spiro atoms. The van der Waals surface area contributed by atoms with Crippen LogP contribution < -0.4 is 10.5 Å². The molecule has 86 valence electrons. The van der Waals surface area contributed by atoms with E-state index in [1.165, 1.54) is 0 Å². The quantitative estimate of drug-likeness (QED) is 0.675. The minimum atomic E-state index is -0.113. The highest BCUT2D eigenvalue weighted by Gasteiger charge is 2.08. The maximum absolute atomic E-state index is 7.40. The number of amidine groups is 1. The molecule has 0 amide bonds. The number of rotatable bonds is 3. The monoisotopic (exact) mass is 291 g/mol. The number of nitrogens with one attached hydrogen (secondary N) is 1. The lowest BCUT2D eigenvalue weighted by molar-refractivity contribution is 0.479. The van der Waals surface area contributed by atoms with Crippen LogP contribution in [0.5, 0.6) is 11.5 Å². The van der Waals surface area contributed by atoms with Gasteiger partial charge in [-0.3, -0.25) is 5.41 Å². The molecule has 2 aromatic rings. The molecule has 0 atom stereocenters. The summed E-state index contributed by atoms with van der Waals surface area (Å²) in [5.41, 5.74) is 5.77. The van der Waals surface area contributed by atoms with E-state index in [-0.39, 0.29) is 5.84 Å². The summed E-state index contributed by atoms with van der Waals surface area (Å²) in [4.78, 5) is 4.01. The summed E-state index contributed by atoms with van der Waals surface area (Å²) in [7, 11) is 0. The number of halogens is 1. The van der Waals surface area contributed by atoms with Crippen molar-refractivity contribution >= 4 is 21.8 Å². The zero-order valence-electron chi connectivity index (χ0n) is 8.85. The number of pyridine rings is 1. The third-order valence-electron chi connectivity index (χ3n) is 2.07. The van der Waals surface area contributed by atoms with Crippen LogP contribution in [-0.2, 0) is 0 Å². The summed E-state index contributed by atoms with van der Waals surface area (Å²) in [6, 6.07) is 10.9. The van der Waals surface area contributed by atoms with Gasteiger partial charge in [0.15, 0.2) is 5.75 Å². The van der Waals surface area contributed by atoms with Crippen molar-refractivity contribution in [3.8, 4) is 11.5 Å². The van der Waals surface area contributed by atoms with E-state index < -0.39 is 0 Å². The van der Waals surface area contributed by atoms with Gasteiger partial charge in [0.25, 0.3) is 0 Å². The summed E-state index contributed by atoms with van der Waals surface area (Å²) in [5, 5.41) is 7.40. The van der Waals surface area contributed by atoms with Gasteiger partial charge in [0, 0.05) is 10.7 Å². The molecule has 0 fully saturated rings. The molecule has 0 aliphatic rings. The highest BCUT2D eigenvalue weighted by molar-refractivity contribution is 9.10. The van der Waals surface area contributed by atoms with Gasteiger partial charge >= 0.3 is 0 Å². The first-order chi connectivity index (χ1) is 8.16. The standard InChI is InChI=1S/C12H10BrN3O/c13-8-3-5-9(6-4-8)17-10-2-1-7-16-11(10)12(14)15/h1-7H,(H3,14,15). The fourth-order valence-corrected chi connectivity index (χ4v) is 1.57. The van der Waals surface area contributed by atoms with E-state index in [2.05, 4.69) is 20.9 Å². The van der Waals surface area contributed by atoms with Crippen molar-refractivity contribution in [3.05, 3.63) is 52.8 Å². The van der Waals surface area contributed by atoms with Gasteiger partial charge in [-0.2, -0.15) is 0 Å². The topological polar surface area (TPSA) is 72.0 Å². The third kappa shape index (κ3) is 2.82. The fourth-order valence-electron chi connectivity index (χ4n) is 1.30. The average molecular weight is 292 g/mol. The van der Waals surface area contributed by atoms with Gasteiger partial charge in [-0.15, -0.1) is 0 Å². The van der Waals surface area contributed by atoms with Gasteiger partial charge in [-0.1, -0.05) is 15.9 Å². The molecule has 0 aliphatic heterocycles. The average Bonchev–Trinajstić information content (AvgIpc) is 2.32. The highest BCUT2D eigenvalue weighted by Crippen LogP contribution is 2.24. The second-order valence-electron chi connectivity index (χ2n) is 3.32. The molecule has 3 N–H and O–H groups in total. The number of hydrogen-bond donors (Lipinski definition) is 2. The zero-order chi connectivity index (χ0) is 12.3. The molecule has 1 aromatic heterocycles. The van der Waals surface area contributed by atoms with Crippen LogP contribution in [-0.4, -0.2) is 10.8 Å². The Kier molecular flexibility index (Phi) is 3.39. The number of benzene rings is 1. The number of nitrogen functional groups attached to an aromatic ring is 1. The molecule has 0 aliphatic carbocycles. The number of nitrogens with zero attached hydrogens (tertiary/aromatic N) is 1. The Bertz CT molecular complexity index is 540. The minimum absolute atomic E-state index is 0.113. The zero-order valence-corrected chi connectivity index (χ0v) is 10.4. The second-order valence-corrected chi connectivity index (χ2v) is 4.24. The van der Waals surface area contributed by atoms with Crippen molar-refractivity contribution in [1.29, 1.82) is 5.41 Å². The van der Waals surface area contributed by atoms with Crippen LogP contribution >= 0.6 is 15.9 Å². The molecule has 1 aromatic carbocycles. The van der Waals surface area contributed by atoms with E-state index in [9.17, 15) is 0 Å². The summed E-state index contributed by atoms with van der Waals surface area (Å²) >= 11 is 3.35. The van der Waals surface area contributed by atoms with E-state index in [0.29, 0.717) is 17.2 Å². The van der Waals surface area contributed by atoms with Crippen molar-refractivity contribution in [2.45, 2.75) is 0 Å². The molecule has 0 bridgehead atoms. The van der Waals surface area contributed by atoms with Crippen LogP contribution in [0.15, 0.2) is 47.1 Å². The fraction of sp³-hybridized carbons (Fsp3) is 0. The highest BCUT2D eigenvalue weighted by atomic mass is 79.9. The molecule has 5 heteroatoms. The largest absolute Gasteiger partial charge is 0.455 e. The van der Waals surface area contributed by atoms with E-state index in [1.54, 1.807) is 18.3 Å². The molecular formula is C12H10BrN3O. The number of aromatic nitrogens is 1. The number of ether oxygens (including phenoxy) is 1. The lowest BCUT2D eigenvalue weighted by Gasteiger charge is -2.08. The van der Waals surface area contributed by atoms with Crippen LogP contribution in [0, 0.1) is 5.41 Å². The Hall–Kier alpha value is -1.88. The Balaban J connectivity index is 2.30. The van der Waals surface area contributed by atoms with E-state index in [0.717, 1.165) is 4.47 Å². The summed E-state index contributed by atoms with van der Waals surface area (Å²) in [5.74, 6) is 1.03. The van der Waals surface area contributed by atoms with Crippen molar-refractivity contribution in [3.63, 3.8) is 0 Å². The third-order valence-corrected chi connectivity index (χ3v) is 2.60. The van der Waals surface area contributed by atoms with Crippen molar-refractivity contribution in [2.75, 3.05) is 0 Å². The SMILES string of the molecule is N=C(N)c1ncccc1Oc1ccc(Br)cc1. The first-order valence-corrected chi connectivity index (χ1v) is 5.69. The van der Waals surface area contributed by atoms with Gasteiger partial charge in [0.05, 0.1) is 0 Å². The first kappa shape index (κ1) is 11.6. The maximum Gasteiger partial charge on any atom is 0.156 e. The normalized spacial score (nSPS) is 9.94. The molecule has 17 heavy (non-hydrogen) atoms. The van der Waals surface area contributed by atoms with Crippen LogP contribution in [0.2, 0.25) is 0 Å². The predicted octanol–water partition coefficient (Wildman–Crippen LogP) is 2.92. The molecule has 0 saturated carbocycles. The number of hydrogen-bond acceptors (Lipinski definition) is 3. The summed E-state index contributed by atoms with van der Waals surface area (Å²) in [6.07, 6.45) is 1.57. The van der Waals surface area contributed by atoms with Crippen molar-refractivity contribution < 1.29 is 4.74 Å². The summed E-state index contributed by atoms with van der Waals surface area (Å²) < 4.78 is 6.60. The minimum Gasteiger partial charge on any atom is -0.455 e. The van der Waals surface area contributed by atoms with Crippen molar-refractivity contribution in [1.82, 2.24) is 4.98 Å². The predicted molar refractivity (Wildman–Crippen MR) is 69.5 cm³/mol. The second kappa shape index (κ2) is 4.97. The van der Waals surface area contributed by atoms with Crippen LogP contribution in [0.3, 0.4) is 0 Å². The molecule has 0 saturated heterocycles. The van der Waals surface area contributed by atoms with Gasteiger partial charge in [0.1, 0.15) is 17.3 Å². The van der Waals surface area contributed by atoms with E-state index in [4.69, 9.17) is 15.9 Å². The van der Waals surface area contributed by atoms with Gasteiger partial charge < -0.3 is 10.5 Å². The number of nitrogens with two attached hydrogens (primary N) is 1. The molecule has 1 heterocycles. The molecule has 2 rings (SSSR count). The lowest BCUT2D eigenvalue weighted by atomic mass is 10.3. The van der Waals surface area contributed by atoms with Gasteiger partial charge in [-0.25, -0.2) is 4.98 Å². The Labute approximate surface area is 107 Å². The first-order valence-electron chi connectivity index (χ1n) is 4.89. The maximum atomic E-state index is 7.40. The molecule has 0 unspecified atom stereocenters. The lowest BCUT2D eigenvalue weighted by Crippen LogP contribution is -2.14. The van der Waals surface area contributed by atoms with E-state index >= 15 is 0 Å². The van der Waals surface area contributed by atoms with Crippen LogP contribution in [0.25, 0.3) is 0 Å². The van der Waals surface area contributed by atoms with Gasteiger partial charge in [-0.05, 0) is 36.4 Å². The Morgan fingerprint density at radius 3 is 2.59 bits per heavy atom. The van der Waals surface area contributed by atoms with Crippen LogP contribution in [0.1, 0.15) is 5.69 Å². The smallest absolute Gasteiger partial charge is 0.156 e. The van der Waals surface area contributed by atoms with E-state index in [1.807, 2.05) is 24.3 Å². The Morgan fingerprint density at radius 2 is 1.94 bits per heavy atom. The van der Waals surface area contributed by atoms with Crippen molar-refractivity contribution in [2.24, 2.45) is 5.73 Å².